The first-order valence-electron chi connectivity index (χ1n) is 12.6. The number of carbonyl (C=O) groups excluding carboxylic acids is 2. The lowest BCUT2D eigenvalue weighted by atomic mass is 9.78. The number of nitrogens with one attached hydrogen (secondary N) is 1. The van der Waals surface area contributed by atoms with Gasteiger partial charge in [0.25, 0.3) is 0 Å². The molecule has 0 bridgehead atoms. The Morgan fingerprint density at radius 3 is 2.18 bits per heavy atom. The molecule has 0 saturated carbocycles. The van der Waals surface area contributed by atoms with Crippen molar-refractivity contribution in [3.63, 3.8) is 0 Å². The molecule has 8 nitrogen and oxygen atoms in total. The highest BCUT2D eigenvalue weighted by molar-refractivity contribution is 7.98. The van der Waals surface area contributed by atoms with Crippen molar-refractivity contribution >= 4 is 65.3 Å². The number of alkyl halides is 2. The van der Waals surface area contributed by atoms with Crippen molar-refractivity contribution in [3.8, 4) is 0 Å². The monoisotopic (exact) mass is 590 g/mol. The third kappa shape index (κ3) is 9.12. The van der Waals surface area contributed by atoms with E-state index < -0.39 is 42.0 Å². The Bertz CT molecular complexity index is 938. The Labute approximate surface area is 241 Å². The maximum atomic E-state index is 12.4. The smallest absolute Gasteiger partial charge is 0.467 e. The van der Waals surface area contributed by atoms with E-state index in [1.165, 1.54) is 18.9 Å². The minimum absolute atomic E-state index is 0.289. The summed E-state index contributed by atoms with van der Waals surface area (Å²) in [5.41, 5.74) is 1.29. The van der Waals surface area contributed by atoms with Gasteiger partial charge in [-0.3, -0.25) is 0 Å². The van der Waals surface area contributed by atoms with Gasteiger partial charge >= 0.3 is 19.2 Å². The number of thioether (sulfide) groups is 1. The minimum atomic E-state index is -0.864. The van der Waals surface area contributed by atoms with Gasteiger partial charge in [0.05, 0.1) is 18.3 Å². The first-order chi connectivity index (χ1) is 17.6. The Hall–Kier alpha value is -1.33. The van der Waals surface area contributed by atoms with Crippen LogP contribution in [0.2, 0.25) is 0 Å². The lowest BCUT2D eigenvalue weighted by Crippen LogP contribution is -2.45. The van der Waals surface area contributed by atoms with Crippen LogP contribution in [-0.2, 0) is 29.3 Å². The number of carbonyl (C=O) groups is 2. The van der Waals surface area contributed by atoms with Crippen molar-refractivity contribution in [3.05, 3.63) is 23.8 Å². The zero-order valence-electron chi connectivity index (χ0n) is 23.7. The number of amides is 1. The van der Waals surface area contributed by atoms with Gasteiger partial charge in [0.2, 0.25) is 0 Å². The average molecular weight is 591 g/mol. The van der Waals surface area contributed by atoms with Gasteiger partial charge in [0.15, 0.2) is 0 Å². The van der Waals surface area contributed by atoms with Crippen LogP contribution in [0.3, 0.4) is 0 Å². The Morgan fingerprint density at radius 1 is 1.11 bits per heavy atom. The molecule has 1 heterocycles. The van der Waals surface area contributed by atoms with Crippen LogP contribution in [-0.4, -0.2) is 79.7 Å². The summed E-state index contributed by atoms with van der Waals surface area (Å²) in [7, 11) is 0.781. The van der Waals surface area contributed by atoms with Gasteiger partial charge in [-0.05, 0) is 65.6 Å². The maximum absolute atomic E-state index is 12.4. The number of methoxy groups -OCH3 is 1. The zero-order valence-corrected chi connectivity index (χ0v) is 26.0. The van der Waals surface area contributed by atoms with Crippen LogP contribution in [0.5, 0.6) is 0 Å². The van der Waals surface area contributed by atoms with E-state index in [9.17, 15) is 9.59 Å². The van der Waals surface area contributed by atoms with E-state index in [1.54, 1.807) is 20.8 Å². The fraction of sp³-hybridized carbons (Fsp3) is 0.692. The average Bonchev–Trinajstić information content (AvgIpc) is 3.03. The number of anilines is 1. The second-order valence-electron chi connectivity index (χ2n) is 11.1. The summed E-state index contributed by atoms with van der Waals surface area (Å²) in [6.07, 6.45) is -0.674. The highest BCUT2D eigenvalue weighted by Gasteiger charge is 2.51. The molecule has 1 aromatic carbocycles. The quantitative estimate of drug-likeness (QED) is 0.215. The number of halogens is 2. The van der Waals surface area contributed by atoms with Crippen molar-refractivity contribution in [1.29, 1.82) is 0 Å². The largest absolute Gasteiger partial charge is 0.494 e. The molecular formula is C26H41BCl2N2O6S. The molecule has 1 unspecified atom stereocenters. The number of nitrogens with zero attached hydrogens (tertiary/aromatic N) is 1. The number of hydrogen-bond donors (Lipinski definition) is 1. The van der Waals surface area contributed by atoms with Crippen LogP contribution in [0.1, 0.15) is 54.0 Å². The van der Waals surface area contributed by atoms with Gasteiger partial charge in [-0.15, -0.1) is 23.2 Å². The summed E-state index contributed by atoms with van der Waals surface area (Å²) in [6.45, 7) is 14.6. The number of benzene rings is 1. The van der Waals surface area contributed by atoms with Crippen molar-refractivity contribution in [2.24, 2.45) is 0 Å². The third-order valence-electron chi connectivity index (χ3n) is 6.40. The van der Waals surface area contributed by atoms with E-state index in [0.29, 0.717) is 30.6 Å². The number of ether oxygens (including phenoxy) is 2. The molecule has 1 amide bonds. The molecule has 1 fully saturated rings. The van der Waals surface area contributed by atoms with Gasteiger partial charge < -0.3 is 29.0 Å². The number of esters is 1. The number of alkyl carbamates (subject to hydrolysis) is 1. The first-order valence-corrected chi connectivity index (χ1v) is 14.9. The molecule has 1 aliphatic heterocycles. The second-order valence-corrected chi connectivity index (χ2v) is 12.9. The van der Waals surface area contributed by atoms with Gasteiger partial charge in [0, 0.05) is 42.0 Å². The van der Waals surface area contributed by atoms with E-state index >= 15 is 0 Å². The number of hydrogen-bond acceptors (Lipinski definition) is 8. The summed E-state index contributed by atoms with van der Waals surface area (Å²) in [5.74, 6) is 1.20. The highest BCUT2D eigenvalue weighted by Crippen LogP contribution is 2.37. The fourth-order valence-electron chi connectivity index (χ4n) is 3.76. The Kier molecular flexibility index (Phi) is 12.0. The normalized spacial score (nSPS) is 17.2. The lowest BCUT2D eigenvalue weighted by Gasteiger charge is -2.32. The van der Waals surface area contributed by atoms with E-state index in [0.717, 1.165) is 16.7 Å². The Morgan fingerprint density at radius 2 is 1.68 bits per heavy atom. The fourth-order valence-corrected chi connectivity index (χ4v) is 5.19. The van der Waals surface area contributed by atoms with Crippen molar-refractivity contribution in [1.82, 2.24) is 5.32 Å². The van der Waals surface area contributed by atoms with Crippen LogP contribution in [0.25, 0.3) is 0 Å². The van der Waals surface area contributed by atoms with E-state index in [2.05, 4.69) is 16.3 Å². The van der Waals surface area contributed by atoms with Crippen molar-refractivity contribution < 1.29 is 28.4 Å². The molecule has 0 aliphatic carbocycles. The minimum Gasteiger partial charge on any atom is -0.467 e. The van der Waals surface area contributed by atoms with Crippen molar-refractivity contribution in [2.75, 3.05) is 42.6 Å². The van der Waals surface area contributed by atoms with Gasteiger partial charge in [-0.2, -0.15) is 11.8 Å². The highest BCUT2D eigenvalue weighted by atomic mass is 35.5. The van der Waals surface area contributed by atoms with Gasteiger partial charge in [-0.1, -0.05) is 12.1 Å². The summed E-state index contributed by atoms with van der Waals surface area (Å²) >= 11 is 13.7. The van der Waals surface area contributed by atoms with Gasteiger partial charge in [-0.25, -0.2) is 9.59 Å². The Balaban J connectivity index is 2.27. The molecule has 0 radical (unpaired) electrons. The summed E-state index contributed by atoms with van der Waals surface area (Å²) in [4.78, 5) is 26.8. The predicted octanol–water partition coefficient (Wildman–Crippen LogP) is 4.57. The molecule has 214 valence electrons. The van der Waals surface area contributed by atoms with Crippen LogP contribution >= 0.6 is 35.0 Å². The molecule has 2 rings (SSSR count). The summed E-state index contributed by atoms with van der Waals surface area (Å²) in [6, 6.07) is 5.24. The predicted molar refractivity (Wildman–Crippen MR) is 157 cm³/mol. The van der Waals surface area contributed by atoms with Crippen molar-refractivity contribution in [2.45, 2.75) is 77.1 Å². The molecule has 0 spiro atoms. The zero-order chi connectivity index (χ0) is 28.7. The van der Waals surface area contributed by atoms with E-state index in [4.69, 9.17) is 42.0 Å². The van der Waals surface area contributed by atoms with Gasteiger partial charge in [0.1, 0.15) is 11.6 Å². The van der Waals surface area contributed by atoms with Crippen LogP contribution in [0, 0.1) is 0 Å². The summed E-state index contributed by atoms with van der Waals surface area (Å²) < 4.78 is 22.7. The first kappa shape index (κ1) is 32.9. The van der Waals surface area contributed by atoms with E-state index in [-0.39, 0.29) is 5.75 Å². The molecule has 1 N–H and O–H groups in total. The number of rotatable bonds is 12. The maximum Gasteiger partial charge on any atom is 0.494 e. The van der Waals surface area contributed by atoms with Crippen LogP contribution in [0.4, 0.5) is 10.5 Å². The lowest BCUT2D eigenvalue weighted by molar-refractivity contribution is -0.142. The molecule has 1 aromatic rings. The molecule has 1 aliphatic rings. The molecule has 0 aromatic heterocycles. The summed E-state index contributed by atoms with van der Waals surface area (Å²) in [5, 5.41) is 2.62. The second kappa shape index (κ2) is 13.8. The molecule has 1 saturated heterocycles. The molecule has 12 heteroatoms. The van der Waals surface area contributed by atoms with Crippen LogP contribution < -0.4 is 15.7 Å². The third-order valence-corrected chi connectivity index (χ3v) is 7.82. The topological polar surface area (TPSA) is 86.3 Å². The van der Waals surface area contributed by atoms with E-state index in [1.807, 2.05) is 39.8 Å². The standard InChI is InChI=1S/C26H41BCl2N2O6S/c1-24(2,3)35-23(33)30-20(22(32)34-8)17-38-16-18-15-19(27-36-25(4,5)26(6,7)37-27)9-10-21(18)31(13-11-28)14-12-29/h9-10,15,20H,11-14,16-17H2,1-8H3,(H,30,33). The molecule has 1 atom stereocenters. The van der Waals surface area contributed by atoms with Crippen LogP contribution in [0.15, 0.2) is 18.2 Å². The molecular weight excluding hydrogens is 550 g/mol. The molecule has 38 heavy (non-hydrogen) atoms. The SMILES string of the molecule is COC(=O)C(CSCc1cc(B2OC(C)(C)C(C)(C)O2)ccc1N(CCCl)CCCl)NC(=O)OC(C)(C)C.